The van der Waals surface area contributed by atoms with E-state index in [9.17, 15) is 0 Å². The minimum absolute atomic E-state index is 0.708. The van der Waals surface area contributed by atoms with Crippen LogP contribution < -0.4 is 10.5 Å². The molecule has 0 aliphatic carbocycles. The second-order valence-electron chi connectivity index (χ2n) is 4.15. The highest BCUT2D eigenvalue weighted by molar-refractivity contribution is 9.10. The van der Waals surface area contributed by atoms with Crippen LogP contribution in [0.1, 0.15) is 12.0 Å². The summed E-state index contributed by atoms with van der Waals surface area (Å²) in [6, 6.07) is 15.9. The summed E-state index contributed by atoms with van der Waals surface area (Å²) in [5.41, 5.74) is 7.75. The molecule has 2 nitrogen and oxygen atoms in total. The predicted octanol–water partition coefficient (Wildman–Crippen LogP) is 4.04. The normalized spacial score (nSPS) is 10.3. The molecule has 0 spiro atoms. The number of anilines is 1. The summed E-state index contributed by atoms with van der Waals surface area (Å²) < 4.78 is 6.76. The molecular weight excluding hydrogens is 290 g/mol. The number of rotatable bonds is 5. The van der Waals surface area contributed by atoms with Crippen molar-refractivity contribution < 1.29 is 4.74 Å². The van der Waals surface area contributed by atoms with E-state index in [1.807, 2.05) is 24.3 Å². The Morgan fingerprint density at radius 2 is 1.83 bits per heavy atom. The van der Waals surface area contributed by atoms with Gasteiger partial charge in [-0.25, -0.2) is 0 Å². The Balaban J connectivity index is 1.74. The average molecular weight is 306 g/mol. The Hall–Kier alpha value is -1.48. The maximum Gasteiger partial charge on any atom is 0.121 e. The van der Waals surface area contributed by atoms with Gasteiger partial charge < -0.3 is 10.5 Å². The maximum absolute atomic E-state index is 5.68. The van der Waals surface area contributed by atoms with Gasteiger partial charge in [-0.2, -0.15) is 0 Å². The largest absolute Gasteiger partial charge is 0.494 e. The standard InChI is InChI=1S/C15H16BrNO/c16-13-8-6-12(7-9-13)3-2-10-18-15-5-1-4-14(17)11-15/h1,4-9,11H,2-3,10,17H2. The zero-order chi connectivity index (χ0) is 12.8. The van der Waals surface area contributed by atoms with Gasteiger partial charge in [-0.15, -0.1) is 0 Å². The molecular formula is C15H16BrNO. The minimum Gasteiger partial charge on any atom is -0.494 e. The van der Waals surface area contributed by atoms with Gasteiger partial charge in [-0.05, 0) is 42.7 Å². The topological polar surface area (TPSA) is 35.2 Å². The second-order valence-corrected chi connectivity index (χ2v) is 5.07. The fraction of sp³-hybridized carbons (Fsp3) is 0.200. The number of nitrogen functional groups attached to an aromatic ring is 1. The first-order valence-corrected chi connectivity index (χ1v) is 6.76. The number of aryl methyl sites for hydroxylation is 1. The lowest BCUT2D eigenvalue weighted by atomic mass is 10.1. The summed E-state index contributed by atoms with van der Waals surface area (Å²) in [6.07, 6.45) is 2.02. The van der Waals surface area contributed by atoms with Crippen molar-refractivity contribution in [1.82, 2.24) is 0 Å². The molecule has 2 N–H and O–H groups in total. The van der Waals surface area contributed by atoms with Crippen molar-refractivity contribution in [3.05, 3.63) is 58.6 Å². The van der Waals surface area contributed by atoms with Gasteiger partial charge in [0, 0.05) is 16.2 Å². The van der Waals surface area contributed by atoms with Gasteiger partial charge >= 0.3 is 0 Å². The first kappa shape index (κ1) is 13.0. The van der Waals surface area contributed by atoms with Gasteiger partial charge in [0.25, 0.3) is 0 Å². The quantitative estimate of drug-likeness (QED) is 0.668. The van der Waals surface area contributed by atoms with Crippen molar-refractivity contribution in [2.24, 2.45) is 0 Å². The third kappa shape index (κ3) is 4.08. The minimum atomic E-state index is 0.708. The van der Waals surface area contributed by atoms with E-state index >= 15 is 0 Å². The molecule has 0 aliphatic rings. The maximum atomic E-state index is 5.68. The van der Waals surface area contributed by atoms with Crippen LogP contribution in [0.25, 0.3) is 0 Å². The van der Waals surface area contributed by atoms with Gasteiger partial charge in [-0.1, -0.05) is 34.1 Å². The predicted molar refractivity (Wildman–Crippen MR) is 78.8 cm³/mol. The molecule has 0 aromatic heterocycles. The number of hydrogen-bond acceptors (Lipinski definition) is 2. The van der Waals surface area contributed by atoms with Gasteiger partial charge in [0.2, 0.25) is 0 Å². The van der Waals surface area contributed by atoms with E-state index < -0.39 is 0 Å². The third-order valence-electron chi connectivity index (χ3n) is 2.65. The summed E-state index contributed by atoms with van der Waals surface area (Å²) >= 11 is 3.43. The second kappa shape index (κ2) is 6.45. The first-order valence-electron chi connectivity index (χ1n) is 5.97. The highest BCUT2D eigenvalue weighted by atomic mass is 79.9. The molecule has 0 atom stereocenters. The molecule has 0 bridgehead atoms. The highest BCUT2D eigenvalue weighted by Gasteiger charge is 1.96. The molecule has 0 saturated heterocycles. The number of nitrogens with two attached hydrogens (primary N) is 1. The summed E-state index contributed by atoms with van der Waals surface area (Å²) in [4.78, 5) is 0. The van der Waals surface area contributed by atoms with Crippen LogP contribution in [0.5, 0.6) is 5.75 Å². The Kier molecular flexibility index (Phi) is 4.65. The van der Waals surface area contributed by atoms with Crippen molar-refractivity contribution in [1.29, 1.82) is 0 Å². The van der Waals surface area contributed by atoms with Crippen LogP contribution in [-0.2, 0) is 6.42 Å². The van der Waals surface area contributed by atoms with Gasteiger partial charge in [0.15, 0.2) is 0 Å². The Morgan fingerprint density at radius 3 is 2.56 bits per heavy atom. The fourth-order valence-electron chi connectivity index (χ4n) is 1.72. The van der Waals surface area contributed by atoms with Crippen LogP contribution in [0.3, 0.4) is 0 Å². The van der Waals surface area contributed by atoms with E-state index in [4.69, 9.17) is 10.5 Å². The van der Waals surface area contributed by atoms with Crippen LogP contribution in [-0.4, -0.2) is 6.61 Å². The summed E-state index contributed by atoms with van der Waals surface area (Å²) in [5, 5.41) is 0. The van der Waals surface area contributed by atoms with Crippen molar-refractivity contribution in [3.8, 4) is 5.75 Å². The molecule has 0 saturated carbocycles. The number of halogens is 1. The molecule has 18 heavy (non-hydrogen) atoms. The van der Waals surface area contributed by atoms with Crippen LogP contribution in [0.4, 0.5) is 5.69 Å². The molecule has 2 aromatic carbocycles. The number of hydrogen-bond donors (Lipinski definition) is 1. The summed E-state index contributed by atoms with van der Waals surface area (Å²) in [6.45, 7) is 0.708. The molecule has 2 rings (SSSR count). The summed E-state index contributed by atoms with van der Waals surface area (Å²) in [7, 11) is 0. The van der Waals surface area contributed by atoms with Crippen molar-refractivity contribution in [3.63, 3.8) is 0 Å². The smallest absolute Gasteiger partial charge is 0.121 e. The third-order valence-corrected chi connectivity index (χ3v) is 3.18. The van der Waals surface area contributed by atoms with Crippen LogP contribution in [0, 0.1) is 0 Å². The average Bonchev–Trinajstić information content (AvgIpc) is 2.37. The first-order chi connectivity index (χ1) is 8.74. The fourth-order valence-corrected chi connectivity index (χ4v) is 1.99. The Morgan fingerprint density at radius 1 is 1.06 bits per heavy atom. The van der Waals surface area contributed by atoms with E-state index in [2.05, 4.69) is 40.2 Å². The Labute approximate surface area is 116 Å². The van der Waals surface area contributed by atoms with Crippen LogP contribution in [0.15, 0.2) is 53.0 Å². The van der Waals surface area contributed by atoms with Gasteiger partial charge in [-0.3, -0.25) is 0 Å². The molecule has 0 aliphatic heterocycles. The molecule has 0 heterocycles. The molecule has 3 heteroatoms. The monoisotopic (exact) mass is 305 g/mol. The Bertz CT molecular complexity index is 496. The van der Waals surface area contributed by atoms with Crippen molar-refractivity contribution >= 4 is 21.6 Å². The lowest BCUT2D eigenvalue weighted by molar-refractivity contribution is 0.311. The molecule has 2 aromatic rings. The molecule has 94 valence electrons. The SMILES string of the molecule is Nc1cccc(OCCCc2ccc(Br)cc2)c1. The van der Waals surface area contributed by atoms with Crippen molar-refractivity contribution in [2.75, 3.05) is 12.3 Å². The zero-order valence-electron chi connectivity index (χ0n) is 10.1. The van der Waals surface area contributed by atoms with E-state index in [1.165, 1.54) is 5.56 Å². The molecule has 0 fully saturated rings. The number of benzene rings is 2. The van der Waals surface area contributed by atoms with Crippen LogP contribution in [0.2, 0.25) is 0 Å². The van der Waals surface area contributed by atoms with Crippen LogP contribution >= 0.6 is 15.9 Å². The van der Waals surface area contributed by atoms with E-state index in [-0.39, 0.29) is 0 Å². The number of ether oxygens (including phenoxy) is 1. The lowest BCUT2D eigenvalue weighted by Gasteiger charge is -2.06. The van der Waals surface area contributed by atoms with E-state index in [1.54, 1.807) is 0 Å². The van der Waals surface area contributed by atoms with E-state index in [0.717, 1.165) is 28.8 Å². The molecule has 0 radical (unpaired) electrons. The van der Waals surface area contributed by atoms with Crippen molar-refractivity contribution in [2.45, 2.75) is 12.8 Å². The lowest BCUT2D eigenvalue weighted by Crippen LogP contribution is -1.99. The highest BCUT2D eigenvalue weighted by Crippen LogP contribution is 2.15. The van der Waals surface area contributed by atoms with Gasteiger partial charge in [0.1, 0.15) is 5.75 Å². The zero-order valence-corrected chi connectivity index (χ0v) is 11.7. The molecule has 0 amide bonds. The molecule has 0 unspecified atom stereocenters. The summed E-state index contributed by atoms with van der Waals surface area (Å²) in [5.74, 6) is 0.839. The van der Waals surface area contributed by atoms with Gasteiger partial charge in [0.05, 0.1) is 6.61 Å². The van der Waals surface area contributed by atoms with E-state index in [0.29, 0.717) is 6.61 Å².